The molecule has 0 radical (unpaired) electrons. The number of nitrogens with zero attached hydrogens (tertiary/aromatic N) is 3. The Morgan fingerprint density at radius 3 is 2.78 bits per heavy atom. The quantitative estimate of drug-likeness (QED) is 0.447. The fourth-order valence-corrected chi connectivity index (χ4v) is 5.73. The molecule has 3 heterocycles. The Morgan fingerprint density at radius 1 is 1.27 bits per heavy atom. The summed E-state index contributed by atoms with van der Waals surface area (Å²) in [5.41, 5.74) is 6.60. The van der Waals surface area contributed by atoms with Gasteiger partial charge in [0.1, 0.15) is 6.54 Å². The SMILES string of the molecule is COc1cc2nc(Nc3cccc(Cl)c3F)ncc2cc1O[C@@H]1C[C@@H](C(N)=O)[N+](C)(C2CCOCC2)C1. The number of rotatable bonds is 7. The Labute approximate surface area is 219 Å². The second kappa shape index (κ2) is 10.3. The van der Waals surface area contributed by atoms with E-state index in [2.05, 4.69) is 22.3 Å². The summed E-state index contributed by atoms with van der Waals surface area (Å²) >= 11 is 5.87. The van der Waals surface area contributed by atoms with Crippen molar-refractivity contribution in [3.05, 3.63) is 47.4 Å². The highest BCUT2D eigenvalue weighted by atomic mass is 35.5. The second-order valence-corrected chi connectivity index (χ2v) is 10.2. The molecule has 0 aliphatic carbocycles. The topological polar surface area (TPSA) is 109 Å². The van der Waals surface area contributed by atoms with Gasteiger partial charge in [0, 0.05) is 30.5 Å². The van der Waals surface area contributed by atoms with Gasteiger partial charge in [0.15, 0.2) is 29.5 Å². The Morgan fingerprint density at radius 2 is 2.05 bits per heavy atom. The molecule has 0 spiro atoms. The van der Waals surface area contributed by atoms with E-state index >= 15 is 0 Å². The van der Waals surface area contributed by atoms with Crippen LogP contribution < -0.4 is 20.5 Å². The van der Waals surface area contributed by atoms with E-state index in [-0.39, 0.29) is 34.7 Å². The van der Waals surface area contributed by atoms with Gasteiger partial charge < -0.3 is 29.7 Å². The number of amides is 1. The summed E-state index contributed by atoms with van der Waals surface area (Å²) in [6, 6.07) is 8.19. The van der Waals surface area contributed by atoms with Gasteiger partial charge in [-0.15, -0.1) is 0 Å². The summed E-state index contributed by atoms with van der Waals surface area (Å²) in [6.45, 7) is 2.04. The normalized spacial score (nSPS) is 24.2. The molecule has 1 aromatic heterocycles. The van der Waals surface area contributed by atoms with Gasteiger partial charge in [0.05, 0.1) is 56.1 Å². The van der Waals surface area contributed by atoms with Crippen LogP contribution in [0.1, 0.15) is 19.3 Å². The smallest absolute Gasteiger partial charge is 0.275 e. The van der Waals surface area contributed by atoms with Crippen LogP contribution in [0.3, 0.4) is 0 Å². The molecule has 2 aliphatic rings. The number of ether oxygens (including phenoxy) is 3. The Kier molecular flexibility index (Phi) is 7.06. The molecule has 1 unspecified atom stereocenters. The standard InChI is InChI=1S/C26H29ClFN5O4/c1-33(16-6-8-36-9-7-16)14-17(11-21(33)25(29)34)37-23-10-15-13-30-26(32-20(15)12-22(23)35-2)31-19-5-3-4-18(27)24(19)28/h3-5,10,12-13,16-17,21H,6-9,11,14H2,1-2H3,(H2-,29,30,31,32,34)/p+1/t17-,21+,33?/m1/s1. The minimum Gasteiger partial charge on any atom is -0.493 e. The molecule has 2 aromatic carbocycles. The van der Waals surface area contributed by atoms with Crippen LogP contribution in [0, 0.1) is 5.82 Å². The first-order chi connectivity index (χ1) is 17.8. The van der Waals surface area contributed by atoms with Gasteiger partial charge >= 0.3 is 0 Å². The lowest BCUT2D eigenvalue weighted by Crippen LogP contribution is -2.61. The number of methoxy groups -OCH3 is 1. The van der Waals surface area contributed by atoms with E-state index in [1.807, 2.05) is 6.07 Å². The van der Waals surface area contributed by atoms with E-state index in [4.69, 9.17) is 31.5 Å². The molecule has 0 saturated carbocycles. The predicted molar refractivity (Wildman–Crippen MR) is 138 cm³/mol. The molecule has 3 N–H and O–H groups in total. The van der Waals surface area contributed by atoms with Crippen molar-refractivity contribution in [2.24, 2.45) is 5.73 Å². The highest BCUT2D eigenvalue weighted by Crippen LogP contribution is 2.38. The number of quaternary nitrogens is 1. The largest absolute Gasteiger partial charge is 0.493 e. The van der Waals surface area contributed by atoms with Crippen molar-refractivity contribution < 1.29 is 27.9 Å². The third-order valence-corrected chi connectivity index (χ3v) is 7.80. The number of halogens is 2. The van der Waals surface area contributed by atoms with E-state index in [1.165, 1.54) is 6.07 Å². The Balaban J connectivity index is 1.39. The fourth-order valence-electron chi connectivity index (χ4n) is 5.55. The van der Waals surface area contributed by atoms with Crippen molar-refractivity contribution in [3.8, 4) is 11.5 Å². The number of nitrogens with one attached hydrogen (secondary N) is 1. The highest BCUT2D eigenvalue weighted by Gasteiger charge is 2.52. The predicted octanol–water partition coefficient (Wildman–Crippen LogP) is 3.81. The van der Waals surface area contributed by atoms with Crippen LogP contribution in [-0.4, -0.2) is 72.5 Å². The van der Waals surface area contributed by atoms with Gasteiger partial charge in [-0.05, 0) is 18.2 Å². The maximum atomic E-state index is 14.3. The maximum absolute atomic E-state index is 14.3. The Bertz CT molecular complexity index is 1320. The van der Waals surface area contributed by atoms with Crippen molar-refractivity contribution in [1.82, 2.24) is 9.97 Å². The average molecular weight is 531 g/mol. The highest BCUT2D eigenvalue weighted by molar-refractivity contribution is 6.31. The molecule has 1 amide bonds. The molecule has 196 valence electrons. The van der Waals surface area contributed by atoms with Crippen LogP contribution in [0.2, 0.25) is 5.02 Å². The molecule has 2 fully saturated rings. The number of hydrogen-bond donors (Lipinski definition) is 2. The number of fused-ring (bicyclic) bond motifs is 1. The van der Waals surface area contributed by atoms with Crippen molar-refractivity contribution >= 4 is 40.0 Å². The third-order valence-electron chi connectivity index (χ3n) is 7.51. The maximum Gasteiger partial charge on any atom is 0.275 e. The van der Waals surface area contributed by atoms with Gasteiger partial charge in [-0.25, -0.2) is 14.4 Å². The first kappa shape index (κ1) is 25.4. The van der Waals surface area contributed by atoms with Crippen molar-refractivity contribution in [3.63, 3.8) is 0 Å². The molecular formula is C26H30ClFN5O4+. The molecule has 0 bridgehead atoms. The molecule has 2 saturated heterocycles. The second-order valence-electron chi connectivity index (χ2n) is 9.75. The summed E-state index contributed by atoms with van der Waals surface area (Å²) in [4.78, 5) is 21.2. The minimum absolute atomic E-state index is 0.00581. The third kappa shape index (κ3) is 5.01. The van der Waals surface area contributed by atoms with Gasteiger partial charge in [0.25, 0.3) is 5.91 Å². The molecule has 37 heavy (non-hydrogen) atoms. The molecule has 5 rings (SSSR count). The van der Waals surface area contributed by atoms with Crippen molar-refractivity contribution in [2.45, 2.75) is 37.5 Å². The lowest BCUT2D eigenvalue weighted by atomic mass is 10.0. The molecule has 2 aliphatic heterocycles. The monoisotopic (exact) mass is 530 g/mol. The van der Waals surface area contributed by atoms with Crippen LogP contribution >= 0.6 is 11.6 Å². The van der Waals surface area contributed by atoms with Crippen molar-refractivity contribution in [2.75, 3.05) is 39.2 Å². The van der Waals surface area contributed by atoms with Gasteiger partial charge in [-0.1, -0.05) is 17.7 Å². The summed E-state index contributed by atoms with van der Waals surface area (Å²) in [6.07, 6.45) is 3.71. The van der Waals surface area contributed by atoms with Crippen LogP contribution in [0.15, 0.2) is 36.5 Å². The number of nitrogens with two attached hydrogens (primary N) is 1. The number of hydrogen-bond acceptors (Lipinski definition) is 7. The number of carbonyl (C=O) groups is 1. The van der Waals surface area contributed by atoms with Gasteiger partial charge in [-0.3, -0.25) is 4.79 Å². The first-order valence-electron chi connectivity index (χ1n) is 12.2. The Hall–Kier alpha value is -3.21. The van der Waals surface area contributed by atoms with Crippen LogP contribution in [0.5, 0.6) is 11.5 Å². The van der Waals surface area contributed by atoms with Crippen LogP contribution in [0.25, 0.3) is 10.9 Å². The first-order valence-corrected chi connectivity index (χ1v) is 12.6. The summed E-state index contributed by atoms with van der Waals surface area (Å²) in [5, 5.41) is 3.59. The molecular weight excluding hydrogens is 501 g/mol. The van der Waals surface area contributed by atoms with Gasteiger partial charge in [0.2, 0.25) is 5.95 Å². The molecule has 11 heteroatoms. The number of likely N-dealkylation sites (N-methyl/N-ethyl adjacent to an activating group) is 1. The van der Waals surface area contributed by atoms with E-state index in [9.17, 15) is 9.18 Å². The zero-order valence-electron chi connectivity index (χ0n) is 20.7. The van der Waals surface area contributed by atoms with E-state index in [0.29, 0.717) is 53.7 Å². The fraction of sp³-hybridized carbons (Fsp3) is 0.423. The number of carbonyl (C=O) groups excluding carboxylic acids is 1. The lowest BCUT2D eigenvalue weighted by Gasteiger charge is -2.43. The molecule has 3 atom stereocenters. The molecule has 9 nitrogen and oxygen atoms in total. The number of aromatic nitrogens is 2. The van der Waals surface area contributed by atoms with Gasteiger partial charge in [-0.2, -0.15) is 0 Å². The summed E-state index contributed by atoms with van der Waals surface area (Å²) in [5.74, 6) is 0.359. The van der Waals surface area contributed by atoms with E-state index < -0.39 is 5.82 Å². The zero-order chi connectivity index (χ0) is 26.2. The van der Waals surface area contributed by atoms with E-state index in [0.717, 1.165) is 18.2 Å². The zero-order valence-corrected chi connectivity index (χ0v) is 21.5. The summed E-state index contributed by atoms with van der Waals surface area (Å²) in [7, 11) is 3.65. The number of primary amides is 1. The van der Waals surface area contributed by atoms with Crippen LogP contribution in [0.4, 0.5) is 16.0 Å². The number of anilines is 2. The lowest BCUT2D eigenvalue weighted by molar-refractivity contribution is -0.938. The number of likely N-dealkylation sites (tertiary alicyclic amines) is 1. The van der Waals surface area contributed by atoms with Crippen LogP contribution in [-0.2, 0) is 9.53 Å². The van der Waals surface area contributed by atoms with E-state index in [1.54, 1.807) is 31.5 Å². The number of benzene rings is 2. The average Bonchev–Trinajstić information content (AvgIpc) is 3.24. The van der Waals surface area contributed by atoms with Crippen molar-refractivity contribution in [1.29, 1.82) is 0 Å². The minimum atomic E-state index is -0.578. The summed E-state index contributed by atoms with van der Waals surface area (Å²) < 4.78 is 32.4. The molecule has 3 aromatic rings.